The van der Waals surface area contributed by atoms with Gasteiger partial charge in [0.05, 0.1) is 17.4 Å². The molecule has 3 heterocycles. The highest BCUT2D eigenvalue weighted by molar-refractivity contribution is 5.97. The van der Waals surface area contributed by atoms with Crippen LogP contribution in [0.4, 0.5) is 10.1 Å². The average Bonchev–Trinajstić information content (AvgIpc) is 3.27. The molecular weight excluding hydrogens is 381 g/mol. The van der Waals surface area contributed by atoms with Crippen molar-refractivity contribution in [1.82, 2.24) is 19.8 Å². The molecular formula is C23H26FN5O. The van der Waals surface area contributed by atoms with E-state index in [9.17, 15) is 9.18 Å². The van der Waals surface area contributed by atoms with Crippen molar-refractivity contribution in [3.63, 3.8) is 0 Å². The van der Waals surface area contributed by atoms with Crippen LogP contribution in [0.25, 0.3) is 11.0 Å². The number of aromatic nitrogens is 2. The maximum absolute atomic E-state index is 13.2. The Morgan fingerprint density at radius 2 is 1.83 bits per heavy atom. The lowest BCUT2D eigenvalue weighted by Gasteiger charge is -2.44. The maximum Gasteiger partial charge on any atom is 0.253 e. The first-order chi connectivity index (χ1) is 14.7. The molecule has 2 fully saturated rings. The zero-order valence-corrected chi connectivity index (χ0v) is 16.9. The van der Waals surface area contributed by atoms with Crippen molar-refractivity contribution in [2.45, 2.75) is 18.9 Å². The maximum atomic E-state index is 13.2. The molecule has 2 aromatic carbocycles. The number of aromatic amines is 1. The number of hydrogen-bond acceptors (Lipinski definition) is 4. The van der Waals surface area contributed by atoms with E-state index in [4.69, 9.17) is 0 Å². The topological polar surface area (TPSA) is 55.5 Å². The van der Waals surface area contributed by atoms with Crippen molar-refractivity contribution >= 4 is 22.6 Å². The normalized spacial score (nSPS) is 20.6. The molecule has 7 heteroatoms. The standard InChI is InChI=1S/C23H26FN5O/c24-18-4-6-19(7-5-18)27-10-12-28(13-11-27)20-2-1-9-29(15-20)23(30)17-3-8-21-22(14-17)26-16-25-21/h3-8,14,16,20H,1-2,9-13,15H2,(H,25,26)/t20-/m0/s1. The second-order valence-electron chi connectivity index (χ2n) is 8.18. The van der Waals surface area contributed by atoms with Crippen molar-refractivity contribution in [1.29, 1.82) is 0 Å². The number of hydrogen-bond donors (Lipinski definition) is 1. The molecule has 30 heavy (non-hydrogen) atoms. The molecule has 5 rings (SSSR count). The Morgan fingerprint density at radius 1 is 1.03 bits per heavy atom. The minimum absolute atomic E-state index is 0.0983. The number of piperidine rings is 1. The van der Waals surface area contributed by atoms with Crippen molar-refractivity contribution < 1.29 is 9.18 Å². The fraction of sp³-hybridized carbons (Fsp3) is 0.391. The summed E-state index contributed by atoms with van der Waals surface area (Å²) in [6, 6.07) is 12.8. The molecule has 2 aliphatic heterocycles. The summed E-state index contributed by atoms with van der Waals surface area (Å²) in [4.78, 5) is 27.2. The van der Waals surface area contributed by atoms with Gasteiger partial charge in [-0.3, -0.25) is 9.69 Å². The molecule has 0 radical (unpaired) electrons. The number of nitrogens with one attached hydrogen (secondary N) is 1. The van der Waals surface area contributed by atoms with Gasteiger partial charge in [-0.2, -0.15) is 0 Å². The third-order valence-electron chi connectivity index (χ3n) is 6.37. The van der Waals surface area contributed by atoms with Gasteiger partial charge >= 0.3 is 0 Å². The number of imidazole rings is 1. The van der Waals surface area contributed by atoms with Gasteiger partial charge in [-0.05, 0) is 55.3 Å². The fourth-order valence-electron chi connectivity index (χ4n) is 4.69. The smallest absolute Gasteiger partial charge is 0.253 e. The zero-order chi connectivity index (χ0) is 20.5. The fourth-order valence-corrected chi connectivity index (χ4v) is 4.69. The van der Waals surface area contributed by atoms with Gasteiger partial charge in [0, 0.05) is 56.6 Å². The Kier molecular flexibility index (Phi) is 5.12. The summed E-state index contributed by atoms with van der Waals surface area (Å²) in [5, 5.41) is 0. The Hall–Kier alpha value is -2.93. The molecule has 1 aromatic heterocycles. The number of H-pyrrole nitrogens is 1. The highest BCUT2D eigenvalue weighted by Gasteiger charge is 2.30. The predicted octanol–water partition coefficient (Wildman–Crippen LogP) is 3.13. The number of amides is 1. The molecule has 2 aliphatic rings. The second-order valence-corrected chi connectivity index (χ2v) is 8.18. The van der Waals surface area contributed by atoms with E-state index in [0.29, 0.717) is 11.6 Å². The van der Waals surface area contributed by atoms with Crippen LogP contribution < -0.4 is 4.90 Å². The number of fused-ring (bicyclic) bond motifs is 1. The van der Waals surface area contributed by atoms with Crippen LogP contribution in [0.2, 0.25) is 0 Å². The summed E-state index contributed by atoms with van der Waals surface area (Å²) >= 11 is 0. The molecule has 0 spiro atoms. The Morgan fingerprint density at radius 3 is 2.63 bits per heavy atom. The van der Waals surface area contributed by atoms with Gasteiger partial charge < -0.3 is 14.8 Å². The van der Waals surface area contributed by atoms with Crippen molar-refractivity contribution in [3.8, 4) is 0 Å². The summed E-state index contributed by atoms with van der Waals surface area (Å²) in [6.07, 6.45) is 3.81. The molecule has 1 atom stereocenters. The van der Waals surface area contributed by atoms with E-state index in [1.807, 2.05) is 35.2 Å². The van der Waals surface area contributed by atoms with Crippen LogP contribution in [0.3, 0.4) is 0 Å². The van der Waals surface area contributed by atoms with Gasteiger partial charge in [0.2, 0.25) is 0 Å². The van der Waals surface area contributed by atoms with Crippen molar-refractivity contribution in [2.75, 3.05) is 44.2 Å². The molecule has 6 nitrogen and oxygen atoms in total. The molecule has 3 aromatic rings. The summed E-state index contributed by atoms with van der Waals surface area (Å²) in [5.41, 5.74) is 3.56. The van der Waals surface area contributed by atoms with Crippen LogP contribution in [0.15, 0.2) is 48.8 Å². The highest BCUT2D eigenvalue weighted by Crippen LogP contribution is 2.23. The number of anilines is 1. The predicted molar refractivity (Wildman–Crippen MR) is 115 cm³/mol. The summed E-state index contributed by atoms with van der Waals surface area (Å²) in [7, 11) is 0. The molecule has 0 unspecified atom stereocenters. The monoisotopic (exact) mass is 407 g/mol. The first-order valence-corrected chi connectivity index (χ1v) is 10.6. The van der Waals surface area contributed by atoms with Gasteiger partial charge in [0.25, 0.3) is 5.91 Å². The second kappa shape index (κ2) is 8.07. The number of benzene rings is 2. The van der Waals surface area contributed by atoms with E-state index in [2.05, 4.69) is 19.8 Å². The Labute approximate surface area is 175 Å². The largest absolute Gasteiger partial charge is 0.369 e. The lowest BCUT2D eigenvalue weighted by Crippen LogP contribution is -2.55. The van der Waals surface area contributed by atoms with Gasteiger partial charge in [-0.25, -0.2) is 9.37 Å². The van der Waals surface area contributed by atoms with Gasteiger partial charge in [0.1, 0.15) is 5.82 Å². The SMILES string of the molecule is O=C(c1ccc2nc[nH]c2c1)N1CCC[C@H](N2CCN(c3ccc(F)cc3)CC2)C1. The van der Waals surface area contributed by atoms with Crippen LogP contribution in [-0.2, 0) is 0 Å². The number of piperazine rings is 1. The van der Waals surface area contributed by atoms with E-state index < -0.39 is 0 Å². The van der Waals surface area contributed by atoms with Gasteiger partial charge in [0.15, 0.2) is 0 Å². The third kappa shape index (κ3) is 3.77. The first kappa shape index (κ1) is 19.1. The van der Waals surface area contributed by atoms with Crippen LogP contribution in [0.5, 0.6) is 0 Å². The number of halogens is 1. The molecule has 2 saturated heterocycles. The van der Waals surface area contributed by atoms with E-state index in [1.165, 1.54) is 12.1 Å². The number of nitrogens with zero attached hydrogens (tertiary/aromatic N) is 4. The average molecular weight is 407 g/mol. The number of likely N-dealkylation sites (tertiary alicyclic amines) is 1. The third-order valence-corrected chi connectivity index (χ3v) is 6.37. The quantitative estimate of drug-likeness (QED) is 0.725. The van der Waals surface area contributed by atoms with Gasteiger partial charge in [-0.15, -0.1) is 0 Å². The number of rotatable bonds is 3. The van der Waals surface area contributed by atoms with Crippen LogP contribution in [0, 0.1) is 5.82 Å². The van der Waals surface area contributed by atoms with Gasteiger partial charge in [-0.1, -0.05) is 0 Å². The van der Waals surface area contributed by atoms with Crippen LogP contribution >= 0.6 is 0 Å². The molecule has 0 bridgehead atoms. The molecule has 1 amide bonds. The summed E-state index contributed by atoms with van der Waals surface area (Å²) in [5.74, 6) is -0.0998. The van der Waals surface area contributed by atoms with E-state index in [1.54, 1.807) is 6.33 Å². The minimum atomic E-state index is -0.198. The van der Waals surface area contributed by atoms with Crippen LogP contribution in [-0.4, -0.2) is 71.0 Å². The molecule has 1 N–H and O–H groups in total. The van der Waals surface area contributed by atoms with Crippen molar-refractivity contribution in [2.24, 2.45) is 0 Å². The van der Waals surface area contributed by atoms with Crippen molar-refractivity contribution in [3.05, 3.63) is 60.2 Å². The highest BCUT2D eigenvalue weighted by atomic mass is 19.1. The Balaban J connectivity index is 1.21. The molecule has 0 saturated carbocycles. The first-order valence-electron chi connectivity index (χ1n) is 10.6. The number of carbonyl (C=O) groups excluding carboxylic acids is 1. The van der Waals surface area contributed by atoms with E-state index in [0.717, 1.165) is 68.8 Å². The molecule has 156 valence electrons. The summed E-state index contributed by atoms with van der Waals surface area (Å²) < 4.78 is 13.2. The lowest BCUT2D eigenvalue weighted by atomic mass is 10.0. The molecule has 0 aliphatic carbocycles. The lowest BCUT2D eigenvalue weighted by molar-refractivity contribution is 0.0563. The Bertz CT molecular complexity index is 1030. The number of carbonyl (C=O) groups is 1. The zero-order valence-electron chi connectivity index (χ0n) is 16.9. The van der Waals surface area contributed by atoms with E-state index in [-0.39, 0.29) is 11.7 Å². The summed E-state index contributed by atoms with van der Waals surface area (Å²) in [6.45, 7) is 5.36. The van der Waals surface area contributed by atoms with E-state index >= 15 is 0 Å². The van der Waals surface area contributed by atoms with Crippen LogP contribution in [0.1, 0.15) is 23.2 Å². The minimum Gasteiger partial charge on any atom is -0.369 e.